The lowest BCUT2D eigenvalue weighted by molar-refractivity contribution is 0.254. The summed E-state index contributed by atoms with van der Waals surface area (Å²) in [5.74, 6) is 3.69. The molecular weight excluding hydrogens is 156 g/mol. The van der Waals surface area contributed by atoms with Crippen molar-refractivity contribution in [3.63, 3.8) is 0 Å². The average Bonchev–Trinajstić information content (AvgIpc) is 2.76. The molecule has 0 bridgehead atoms. The first kappa shape index (κ1) is 11.1. The summed E-state index contributed by atoms with van der Waals surface area (Å²) in [4.78, 5) is 0. The van der Waals surface area contributed by atoms with Gasteiger partial charge in [0, 0.05) is 0 Å². The lowest BCUT2D eigenvalue weighted by atomic mass is 9.82. The zero-order valence-corrected chi connectivity index (χ0v) is 10.2. The summed E-state index contributed by atoms with van der Waals surface area (Å²) >= 11 is 0. The Labute approximate surface area is 84.1 Å². The molecule has 0 heteroatoms. The summed E-state index contributed by atoms with van der Waals surface area (Å²) in [7, 11) is 0. The van der Waals surface area contributed by atoms with Gasteiger partial charge in [0.05, 0.1) is 0 Å². The third-order valence-electron chi connectivity index (χ3n) is 4.77. The monoisotopic (exact) mass is 182 g/mol. The van der Waals surface area contributed by atoms with Crippen LogP contribution in [0.4, 0.5) is 0 Å². The molecule has 1 saturated carbocycles. The molecular formula is C13H26. The fraction of sp³-hybridized carbons (Fsp3) is 1.00. The minimum absolute atomic E-state index is 0.679. The van der Waals surface area contributed by atoms with Crippen molar-refractivity contribution in [3.8, 4) is 0 Å². The Morgan fingerprint density at radius 2 is 1.77 bits per heavy atom. The highest BCUT2D eigenvalue weighted by atomic mass is 14.6. The van der Waals surface area contributed by atoms with Gasteiger partial charge in [-0.1, -0.05) is 48.0 Å². The maximum Gasteiger partial charge on any atom is -0.0266 e. The smallest absolute Gasteiger partial charge is 0.0266 e. The molecule has 0 N–H and O–H groups in total. The van der Waals surface area contributed by atoms with Crippen LogP contribution in [0.2, 0.25) is 0 Å². The molecule has 0 aromatic heterocycles. The molecule has 0 nitrogen and oxygen atoms in total. The minimum atomic E-state index is 0.679. The highest BCUT2D eigenvalue weighted by Crippen LogP contribution is 2.62. The molecule has 0 aromatic carbocycles. The SMILES string of the molecule is CCC(C)C1(C)CC1C(C)C(C)C. The lowest BCUT2D eigenvalue weighted by Gasteiger charge is -2.23. The molecule has 13 heavy (non-hydrogen) atoms. The Morgan fingerprint density at radius 1 is 1.23 bits per heavy atom. The predicted octanol–water partition coefficient (Wildman–Crippen LogP) is 4.35. The van der Waals surface area contributed by atoms with Gasteiger partial charge in [-0.15, -0.1) is 0 Å². The van der Waals surface area contributed by atoms with Crippen molar-refractivity contribution >= 4 is 0 Å². The molecule has 0 saturated heterocycles. The number of hydrogen-bond acceptors (Lipinski definition) is 0. The van der Waals surface area contributed by atoms with Crippen LogP contribution in [-0.2, 0) is 0 Å². The molecule has 0 spiro atoms. The Hall–Kier alpha value is 0. The standard InChI is InChI=1S/C13H26/c1-7-10(4)13(6)8-12(13)11(5)9(2)3/h9-12H,7-8H2,1-6H3. The Bertz CT molecular complexity index is 171. The van der Waals surface area contributed by atoms with E-state index in [2.05, 4.69) is 41.5 Å². The highest BCUT2D eigenvalue weighted by Gasteiger charge is 2.54. The second-order valence-corrected chi connectivity index (χ2v) is 5.73. The lowest BCUT2D eigenvalue weighted by Crippen LogP contribution is -2.16. The molecule has 0 aromatic rings. The van der Waals surface area contributed by atoms with Crippen LogP contribution in [0.3, 0.4) is 0 Å². The number of rotatable bonds is 4. The molecule has 4 atom stereocenters. The van der Waals surface area contributed by atoms with E-state index in [1.807, 2.05) is 0 Å². The van der Waals surface area contributed by atoms with Crippen LogP contribution in [-0.4, -0.2) is 0 Å². The van der Waals surface area contributed by atoms with Crippen LogP contribution >= 0.6 is 0 Å². The van der Waals surface area contributed by atoms with Crippen LogP contribution < -0.4 is 0 Å². The van der Waals surface area contributed by atoms with Crippen molar-refractivity contribution in [1.29, 1.82) is 0 Å². The topological polar surface area (TPSA) is 0 Å². The molecule has 1 rings (SSSR count). The van der Waals surface area contributed by atoms with Crippen molar-refractivity contribution in [2.75, 3.05) is 0 Å². The van der Waals surface area contributed by atoms with Gasteiger partial charge in [0.25, 0.3) is 0 Å². The van der Waals surface area contributed by atoms with Crippen LogP contribution in [0.5, 0.6) is 0 Å². The Morgan fingerprint density at radius 3 is 2.15 bits per heavy atom. The van der Waals surface area contributed by atoms with E-state index < -0.39 is 0 Å². The third kappa shape index (κ3) is 1.92. The second kappa shape index (κ2) is 3.63. The molecule has 0 amide bonds. The summed E-state index contributed by atoms with van der Waals surface area (Å²) in [6.45, 7) is 14.4. The van der Waals surface area contributed by atoms with Crippen LogP contribution in [0.25, 0.3) is 0 Å². The largest absolute Gasteiger partial charge is 0.0651 e. The van der Waals surface area contributed by atoms with E-state index in [0.717, 1.165) is 23.7 Å². The summed E-state index contributed by atoms with van der Waals surface area (Å²) in [5.41, 5.74) is 0.679. The van der Waals surface area contributed by atoms with Crippen LogP contribution in [0.15, 0.2) is 0 Å². The minimum Gasteiger partial charge on any atom is -0.0651 e. The van der Waals surface area contributed by atoms with E-state index in [9.17, 15) is 0 Å². The van der Waals surface area contributed by atoms with Crippen molar-refractivity contribution in [2.24, 2.45) is 29.1 Å². The van der Waals surface area contributed by atoms with Crippen molar-refractivity contribution in [2.45, 2.75) is 54.4 Å². The fourth-order valence-corrected chi connectivity index (χ4v) is 2.70. The maximum atomic E-state index is 2.49. The first-order chi connectivity index (χ1) is 5.93. The van der Waals surface area contributed by atoms with Crippen LogP contribution in [0, 0.1) is 29.1 Å². The van der Waals surface area contributed by atoms with Gasteiger partial charge in [0.15, 0.2) is 0 Å². The van der Waals surface area contributed by atoms with E-state index in [0.29, 0.717) is 5.41 Å². The molecule has 1 aliphatic carbocycles. The van der Waals surface area contributed by atoms with Gasteiger partial charge < -0.3 is 0 Å². The first-order valence-electron chi connectivity index (χ1n) is 5.93. The molecule has 0 radical (unpaired) electrons. The zero-order valence-electron chi connectivity index (χ0n) is 10.2. The number of hydrogen-bond donors (Lipinski definition) is 0. The quantitative estimate of drug-likeness (QED) is 0.606. The normalized spacial score (nSPS) is 37.6. The first-order valence-corrected chi connectivity index (χ1v) is 5.93. The molecule has 1 aliphatic rings. The van der Waals surface area contributed by atoms with Gasteiger partial charge in [-0.3, -0.25) is 0 Å². The van der Waals surface area contributed by atoms with E-state index in [1.165, 1.54) is 12.8 Å². The second-order valence-electron chi connectivity index (χ2n) is 5.73. The maximum absolute atomic E-state index is 2.49. The molecule has 78 valence electrons. The van der Waals surface area contributed by atoms with Gasteiger partial charge >= 0.3 is 0 Å². The van der Waals surface area contributed by atoms with Gasteiger partial charge in [-0.25, -0.2) is 0 Å². The third-order valence-corrected chi connectivity index (χ3v) is 4.77. The molecule has 1 fully saturated rings. The van der Waals surface area contributed by atoms with Gasteiger partial charge in [0.2, 0.25) is 0 Å². The van der Waals surface area contributed by atoms with Crippen molar-refractivity contribution in [3.05, 3.63) is 0 Å². The van der Waals surface area contributed by atoms with Gasteiger partial charge in [-0.2, -0.15) is 0 Å². The summed E-state index contributed by atoms with van der Waals surface area (Å²) in [6, 6.07) is 0. The summed E-state index contributed by atoms with van der Waals surface area (Å²) < 4.78 is 0. The Kier molecular flexibility index (Phi) is 3.09. The van der Waals surface area contributed by atoms with Crippen LogP contribution in [0.1, 0.15) is 54.4 Å². The van der Waals surface area contributed by atoms with Crippen molar-refractivity contribution in [1.82, 2.24) is 0 Å². The molecule has 4 unspecified atom stereocenters. The van der Waals surface area contributed by atoms with E-state index in [4.69, 9.17) is 0 Å². The van der Waals surface area contributed by atoms with Crippen molar-refractivity contribution < 1.29 is 0 Å². The molecule has 0 aliphatic heterocycles. The predicted molar refractivity (Wildman–Crippen MR) is 59.7 cm³/mol. The summed E-state index contributed by atoms with van der Waals surface area (Å²) in [5, 5.41) is 0. The van der Waals surface area contributed by atoms with E-state index in [-0.39, 0.29) is 0 Å². The molecule has 0 heterocycles. The van der Waals surface area contributed by atoms with E-state index >= 15 is 0 Å². The fourth-order valence-electron chi connectivity index (χ4n) is 2.70. The highest BCUT2D eigenvalue weighted by molar-refractivity contribution is 5.03. The van der Waals surface area contributed by atoms with E-state index in [1.54, 1.807) is 0 Å². The zero-order chi connectivity index (χ0) is 10.2. The Balaban J connectivity index is 2.52. The summed E-state index contributed by atoms with van der Waals surface area (Å²) in [6.07, 6.45) is 2.82. The average molecular weight is 182 g/mol. The van der Waals surface area contributed by atoms with Gasteiger partial charge in [0.1, 0.15) is 0 Å². The van der Waals surface area contributed by atoms with Gasteiger partial charge in [-0.05, 0) is 35.5 Å².